The van der Waals surface area contributed by atoms with Gasteiger partial charge in [0.1, 0.15) is 18.1 Å². The number of furan rings is 1. The van der Waals surface area contributed by atoms with E-state index in [1.807, 2.05) is 77.6 Å². The van der Waals surface area contributed by atoms with Crippen LogP contribution in [0.15, 0.2) is 102 Å². The molecule has 0 saturated heterocycles. The highest BCUT2D eigenvalue weighted by molar-refractivity contribution is 6.02. The molecule has 0 saturated carbocycles. The quantitative estimate of drug-likeness (QED) is 0.375. The fourth-order valence-corrected chi connectivity index (χ4v) is 3.46. The van der Waals surface area contributed by atoms with Crippen molar-refractivity contribution in [2.24, 2.45) is 0 Å². The predicted octanol–water partition coefficient (Wildman–Crippen LogP) is 5.51. The standard InChI is InChI=1S/C26H21N3O3/c30-26(28-22-9-6-19(7-10-22)17-29-15-3-14-27-29)25-13-12-24(32-25)18-31-23-11-8-20-4-1-2-5-21(20)16-23/h1-16H,17-18H2,(H,28,30). The van der Waals surface area contributed by atoms with E-state index in [1.54, 1.807) is 18.3 Å². The number of aromatic nitrogens is 2. The number of fused-ring (bicyclic) bond motifs is 1. The zero-order valence-electron chi connectivity index (χ0n) is 17.3. The zero-order valence-corrected chi connectivity index (χ0v) is 17.3. The molecule has 2 heterocycles. The Morgan fingerprint density at radius 1 is 0.938 bits per heavy atom. The second-order valence-corrected chi connectivity index (χ2v) is 7.42. The summed E-state index contributed by atoms with van der Waals surface area (Å²) in [5.41, 5.74) is 1.79. The number of anilines is 1. The van der Waals surface area contributed by atoms with Gasteiger partial charge in [0, 0.05) is 18.1 Å². The molecule has 3 aromatic carbocycles. The molecule has 0 aliphatic heterocycles. The Kier molecular flexibility index (Phi) is 5.41. The Bertz CT molecular complexity index is 1340. The lowest BCUT2D eigenvalue weighted by atomic mass is 10.1. The highest BCUT2D eigenvalue weighted by Crippen LogP contribution is 2.22. The third kappa shape index (κ3) is 4.54. The van der Waals surface area contributed by atoms with Gasteiger partial charge in [-0.1, -0.05) is 42.5 Å². The van der Waals surface area contributed by atoms with E-state index in [9.17, 15) is 4.79 Å². The van der Waals surface area contributed by atoms with Gasteiger partial charge in [-0.2, -0.15) is 5.10 Å². The Balaban J connectivity index is 1.18. The van der Waals surface area contributed by atoms with Crippen molar-refractivity contribution in [3.63, 3.8) is 0 Å². The van der Waals surface area contributed by atoms with E-state index in [-0.39, 0.29) is 18.3 Å². The van der Waals surface area contributed by atoms with Gasteiger partial charge in [-0.3, -0.25) is 9.48 Å². The summed E-state index contributed by atoms with van der Waals surface area (Å²) in [7, 11) is 0. The molecule has 6 nitrogen and oxygen atoms in total. The number of ether oxygens (including phenoxy) is 1. The zero-order chi connectivity index (χ0) is 21.8. The van der Waals surface area contributed by atoms with Crippen LogP contribution in [0.5, 0.6) is 5.75 Å². The molecule has 1 N–H and O–H groups in total. The summed E-state index contributed by atoms with van der Waals surface area (Å²) in [6.07, 6.45) is 3.66. The second kappa shape index (κ2) is 8.81. The SMILES string of the molecule is O=C(Nc1ccc(Cn2cccn2)cc1)c1ccc(COc2ccc3ccccc3c2)o1. The summed E-state index contributed by atoms with van der Waals surface area (Å²) in [4.78, 5) is 12.5. The molecule has 0 aliphatic carbocycles. The lowest BCUT2D eigenvalue weighted by Crippen LogP contribution is -2.11. The third-order valence-electron chi connectivity index (χ3n) is 5.10. The van der Waals surface area contributed by atoms with E-state index in [2.05, 4.69) is 16.5 Å². The van der Waals surface area contributed by atoms with Gasteiger partial charge in [-0.05, 0) is 58.8 Å². The highest BCUT2D eigenvalue weighted by Gasteiger charge is 2.12. The van der Waals surface area contributed by atoms with Gasteiger partial charge in [0.2, 0.25) is 0 Å². The molecular weight excluding hydrogens is 402 g/mol. The van der Waals surface area contributed by atoms with E-state index in [0.717, 1.165) is 22.1 Å². The van der Waals surface area contributed by atoms with Crippen molar-refractivity contribution in [1.29, 1.82) is 0 Å². The maximum atomic E-state index is 12.5. The van der Waals surface area contributed by atoms with Crippen molar-refractivity contribution < 1.29 is 13.9 Å². The fourth-order valence-electron chi connectivity index (χ4n) is 3.46. The number of nitrogens with zero attached hydrogens (tertiary/aromatic N) is 2. The van der Waals surface area contributed by atoms with Gasteiger partial charge in [0.05, 0.1) is 6.54 Å². The van der Waals surface area contributed by atoms with Crippen LogP contribution in [0.3, 0.4) is 0 Å². The third-order valence-corrected chi connectivity index (χ3v) is 5.10. The van der Waals surface area contributed by atoms with Gasteiger partial charge in [0.15, 0.2) is 5.76 Å². The van der Waals surface area contributed by atoms with Crippen LogP contribution in [0.1, 0.15) is 21.9 Å². The minimum Gasteiger partial charge on any atom is -0.486 e. The highest BCUT2D eigenvalue weighted by atomic mass is 16.5. The van der Waals surface area contributed by atoms with E-state index in [0.29, 0.717) is 18.0 Å². The maximum Gasteiger partial charge on any atom is 0.291 e. The average molecular weight is 423 g/mol. The largest absolute Gasteiger partial charge is 0.486 e. The maximum absolute atomic E-state index is 12.5. The molecule has 0 fully saturated rings. The molecule has 0 spiro atoms. The fraction of sp³-hybridized carbons (Fsp3) is 0.0769. The Labute approximate surface area is 185 Å². The first-order chi connectivity index (χ1) is 15.7. The first-order valence-electron chi connectivity index (χ1n) is 10.3. The Hall–Kier alpha value is -4.32. The monoisotopic (exact) mass is 423 g/mol. The number of carbonyl (C=O) groups is 1. The molecule has 2 aromatic heterocycles. The molecule has 0 bridgehead atoms. The van der Waals surface area contributed by atoms with E-state index in [4.69, 9.17) is 9.15 Å². The van der Waals surface area contributed by atoms with Crippen LogP contribution < -0.4 is 10.1 Å². The summed E-state index contributed by atoms with van der Waals surface area (Å²) >= 11 is 0. The number of rotatable bonds is 7. The smallest absolute Gasteiger partial charge is 0.291 e. The normalized spacial score (nSPS) is 10.9. The molecule has 5 rings (SSSR count). The number of amides is 1. The molecule has 0 radical (unpaired) electrons. The van der Waals surface area contributed by atoms with Crippen LogP contribution in [0.4, 0.5) is 5.69 Å². The first-order valence-corrected chi connectivity index (χ1v) is 10.3. The first kappa shape index (κ1) is 19.6. The molecule has 0 unspecified atom stereocenters. The minimum absolute atomic E-state index is 0.239. The predicted molar refractivity (Wildman–Crippen MR) is 123 cm³/mol. The molecule has 0 aliphatic rings. The van der Waals surface area contributed by atoms with Crippen molar-refractivity contribution in [2.45, 2.75) is 13.2 Å². The van der Waals surface area contributed by atoms with Crippen molar-refractivity contribution >= 4 is 22.4 Å². The summed E-state index contributed by atoms with van der Waals surface area (Å²) in [6, 6.07) is 27.0. The molecule has 32 heavy (non-hydrogen) atoms. The number of benzene rings is 3. The molecule has 1 amide bonds. The van der Waals surface area contributed by atoms with Crippen LogP contribution in [0.2, 0.25) is 0 Å². The summed E-state index contributed by atoms with van der Waals surface area (Å²) < 4.78 is 13.4. The van der Waals surface area contributed by atoms with Gasteiger partial charge >= 0.3 is 0 Å². The number of nitrogens with one attached hydrogen (secondary N) is 1. The van der Waals surface area contributed by atoms with Crippen molar-refractivity contribution in [3.8, 4) is 5.75 Å². The summed E-state index contributed by atoms with van der Waals surface area (Å²) in [6.45, 7) is 0.924. The average Bonchev–Trinajstić information content (AvgIpc) is 3.51. The van der Waals surface area contributed by atoms with Crippen LogP contribution in [0.25, 0.3) is 10.8 Å². The van der Waals surface area contributed by atoms with Crippen molar-refractivity contribution in [3.05, 3.63) is 114 Å². The molecule has 0 atom stereocenters. The van der Waals surface area contributed by atoms with E-state index in [1.165, 1.54) is 0 Å². The Morgan fingerprint density at radius 3 is 2.59 bits per heavy atom. The topological polar surface area (TPSA) is 69.3 Å². The van der Waals surface area contributed by atoms with Crippen LogP contribution in [0, 0.1) is 0 Å². The van der Waals surface area contributed by atoms with Gasteiger partial charge in [-0.15, -0.1) is 0 Å². The molecule has 5 aromatic rings. The number of hydrogen-bond acceptors (Lipinski definition) is 4. The summed E-state index contributed by atoms with van der Waals surface area (Å²) in [5, 5.41) is 9.32. The van der Waals surface area contributed by atoms with Crippen molar-refractivity contribution in [2.75, 3.05) is 5.32 Å². The minimum atomic E-state index is -0.304. The molecular formula is C26H21N3O3. The van der Waals surface area contributed by atoms with Crippen LogP contribution in [-0.2, 0) is 13.2 Å². The second-order valence-electron chi connectivity index (χ2n) is 7.42. The van der Waals surface area contributed by atoms with E-state index < -0.39 is 0 Å². The van der Waals surface area contributed by atoms with Crippen LogP contribution >= 0.6 is 0 Å². The van der Waals surface area contributed by atoms with Gasteiger partial charge < -0.3 is 14.5 Å². The molecule has 6 heteroatoms. The van der Waals surface area contributed by atoms with Gasteiger partial charge in [0.25, 0.3) is 5.91 Å². The lowest BCUT2D eigenvalue weighted by Gasteiger charge is -2.07. The van der Waals surface area contributed by atoms with Crippen molar-refractivity contribution in [1.82, 2.24) is 9.78 Å². The number of hydrogen-bond donors (Lipinski definition) is 1. The molecule has 158 valence electrons. The Morgan fingerprint density at radius 2 is 1.78 bits per heavy atom. The van der Waals surface area contributed by atoms with E-state index >= 15 is 0 Å². The number of carbonyl (C=O) groups excluding carboxylic acids is 1. The lowest BCUT2D eigenvalue weighted by molar-refractivity contribution is 0.0992. The van der Waals surface area contributed by atoms with Crippen LogP contribution in [-0.4, -0.2) is 15.7 Å². The summed E-state index contributed by atoms with van der Waals surface area (Å²) in [5.74, 6) is 1.27. The van der Waals surface area contributed by atoms with Gasteiger partial charge in [-0.25, -0.2) is 0 Å².